The Morgan fingerprint density at radius 3 is 2.69 bits per heavy atom. The second kappa shape index (κ2) is 3.29. The second-order valence-electron chi connectivity index (χ2n) is 4.36. The van der Waals surface area contributed by atoms with Gasteiger partial charge in [-0.05, 0) is 25.7 Å². The number of carbonyl (C=O) groups excluding carboxylic acids is 1. The minimum absolute atomic E-state index is 0.0511. The van der Waals surface area contributed by atoms with Gasteiger partial charge in [0.25, 0.3) is 0 Å². The average Bonchev–Trinajstić information content (AvgIpc) is 2.07. The van der Waals surface area contributed by atoms with Crippen LogP contribution in [0.1, 0.15) is 32.1 Å². The molecule has 1 unspecified atom stereocenters. The molecule has 1 saturated heterocycles. The maximum Gasteiger partial charge on any atom is 0.223 e. The van der Waals surface area contributed by atoms with Crippen LogP contribution < -0.4 is 5.32 Å². The van der Waals surface area contributed by atoms with Crippen molar-refractivity contribution in [3.05, 3.63) is 0 Å². The van der Waals surface area contributed by atoms with E-state index in [-0.39, 0.29) is 23.8 Å². The number of aliphatic hydroxyl groups excluding tert-OH is 1. The summed E-state index contributed by atoms with van der Waals surface area (Å²) in [5, 5.41) is 12.2. The van der Waals surface area contributed by atoms with Crippen LogP contribution in [0.25, 0.3) is 0 Å². The molecule has 0 radical (unpaired) electrons. The topological polar surface area (TPSA) is 49.3 Å². The molecular formula is C10H17NO2. The number of amides is 1. The maximum absolute atomic E-state index is 11.6. The number of rotatable bonds is 2. The number of aliphatic hydroxyl groups is 1. The Hall–Kier alpha value is -0.570. The highest BCUT2D eigenvalue weighted by Crippen LogP contribution is 2.48. The maximum atomic E-state index is 11.6. The third-order valence-corrected chi connectivity index (χ3v) is 3.69. The van der Waals surface area contributed by atoms with Gasteiger partial charge in [0.15, 0.2) is 0 Å². The molecular weight excluding hydrogens is 166 g/mol. The Morgan fingerprint density at radius 1 is 1.46 bits per heavy atom. The van der Waals surface area contributed by atoms with Crippen LogP contribution in [0.15, 0.2) is 0 Å². The summed E-state index contributed by atoms with van der Waals surface area (Å²) in [6.07, 6.45) is 5.26. The molecule has 1 amide bonds. The average molecular weight is 183 g/mol. The van der Waals surface area contributed by atoms with E-state index in [2.05, 4.69) is 5.32 Å². The highest BCUT2D eigenvalue weighted by atomic mass is 16.3. The van der Waals surface area contributed by atoms with Crippen LogP contribution in [-0.4, -0.2) is 24.2 Å². The third kappa shape index (κ3) is 1.35. The van der Waals surface area contributed by atoms with Crippen molar-refractivity contribution in [3.63, 3.8) is 0 Å². The fourth-order valence-electron chi connectivity index (χ4n) is 2.60. The second-order valence-corrected chi connectivity index (χ2v) is 4.36. The van der Waals surface area contributed by atoms with E-state index in [4.69, 9.17) is 0 Å². The van der Waals surface area contributed by atoms with Crippen LogP contribution >= 0.6 is 0 Å². The SMILES string of the molecule is O=C1NCCCC1C1(CO)CCC1. The van der Waals surface area contributed by atoms with E-state index < -0.39 is 0 Å². The molecule has 0 aromatic heterocycles. The van der Waals surface area contributed by atoms with Crippen molar-refractivity contribution in [1.29, 1.82) is 0 Å². The predicted molar refractivity (Wildman–Crippen MR) is 49.1 cm³/mol. The quantitative estimate of drug-likeness (QED) is 0.661. The van der Waals surface area contributed by atoms with E-state index in [0.717, 1.165) is 32.2 Å². The number of nitrogens with one attached hydrogen (secondary N) is 1. The summed E-state index contributed by atoms with van der Waals surface area (Å²) in [4.78, 5) is 11.6. The van der Waals surface area contributed by atoms with Gasteiger partial charge in [0, 0.05) is 24.5 Å². The molecule has 0 spiro atoms. The molecule has 2 aliphatic rings. The highest BCUT2D eigenvalue weighted by molar-refractivity contribution is 5.80. The minimum atomic E-state index is -0.0511. The number of hydrogen-bond acceptors (Lipinski definition) is 2. The number of piperidine rings is 1. The van der Waals surface area contributed by atoms with E-state index in [0.29, 0.717) is 0 Å². The zero-order valence-corrected chi connectivity index (χ0v) is 7.88. The lowest BCUT2D eigenvalue weighted by atomic mass is 9.59. The molecule has 1 aliphatic carbocycles. The van der Waals surface area contributed by atoms with Gasteiger partial charge in [-0.15, -0.1) is 0 Å². The summed E-state index contributed by atoms with van der Waals surface area (Å²) in [5.41, 5.74) is -0.0511. The van der Waals surface area contributed by atoms with Crippen molar-refractivity contribution >= 4 is 5.91 Å². The summed E-state index contributed by atoms with van der Waals surface area (Å²) >= 11 is 0. The first-order valence-electron chi connectivity index (χ1n) is 5.17. The Balaban J connectivity index is 2.08. The molecule has 3 heteroatoms. The van der Waals surface area contributed by atoms with Gasteiger partial charge in [0.05, 0.1) is 0 Å². The zero-order valence-electron chi connectivity index (χ0n) is 7.88. The van der Waals surface area contributed by atoms with E-state index in [9.17, 15) is 9.90 Å². The number of hydrogen-bond donors (Lipinski definition) is 2. The van der Waals surface area contributed by atoms with Gasteiger partial charge in [-0.3, -0.25) is 4.79 Å². The fourth-order valence-corrected chi connectivity index (χ4v) is 2.60. The molecule has 2 rings (SSSR count). The Labute approximate surface area is 78.5 Å². The third-order valence-electron chi connectivity index (χ3n) is 3.69. The molecule has 2 N–H and O–H groups in total. The molecule has 0 aromatic rings. The fraction of sp³-hybridized carbons (Fsp3) is 0.900. The van der Waals surface area contributed by atoms with E-state index in [1.165, 1.54) is 6.42 Å². The van der Waals surface area contributed by atoms with Gasteiger partial charge in [-0.1, -0.05) is 6.42 Å². The highest BCUT2D eigenvalue weighted by Gasteiger charge is 2.47. The van der Waals surface area contributed by atoms with Crippen LogP contribution in [0, 0.1) is 11.3 Å². The molecule has 1 aliphatic heterocycles. The van der Waals surface area contributed by atoms with Crippen LogP contribution in [0.5, 0.6) is 0 Å². The van der Waals surface area contributed by atoms with Crippen molar-refractivity contribution < 1.29 is 9.90 Å². The Bertz CT molecular complexity index is 205. The lowest BCUT2D eigenvalue weighted by Crippen LogP contribution is -2.50. The molecule has 0 aromatic carbocycles. The monoisotopic (exact) mass is 183 g/mol. The summed E-state index contributed by atoms with van der Waals surface area (Å²) in [6.45, 7) is 1.00. The number of carbonyl (C=O) groups is 1. The Morgan fingerprint density at radius 2 is 2.23 bits per heavy atom. The molecule has 13 heavy (non-hydrogen) atoms. The van der Waals surface area contributed by atoms with Gasteiger partial charge >= 0.3 is 0 Å². The van der Waals surface area contributed by atoms with Gasteiger partial charge in [0.1, 0.15) is 0 Å². The van der Waals surface area contributed by atoms with Gasteiger partial charge in [0.2, 0.25) is 5.91 Å². The summed E-state index contributed by atoms with van der Waals surface area (Å²) in [5.74, 6) is 0.250. The van der Waals surface area contributed by atoms with Crippen LogP contribution in [0.2, 0.25) is 0 Å². The molecule has 2 fully saturated rings. The first-order chi connectivity index (χ1) is 6.28. The molecule has 1 heterocycles. The standard InChI is InChI=1S/C10H17NO2/c12-7-10(4-2-5-10)8-3-1-6-11-9(8)13/h8,12H,1-7H2,(H,11,13). The molecule has 0 bridgehead atoms. The van der Waals surface area contributed by atoms with Gasteiger partial charge in [-0.25, -0.2) is 0 Å². The van der Waals surface area contributed by atoms with Crippen molar-refractivity contribution in [2.45, 2.75) is 32.1 Å². The van der Waals surface area contributed by atoms with Crippen molar-refractivity contribution in [3.8, 4) is 0 Å². The van der Waals surface area contributed by atoms with E-state index >= 15 is 0 Å². The van der Waals surface area contributed by atoms with E-state index in [1.807, 2.05) is 0 Å². The first kappa shape index (κ1) is 9.00. The largest absolute Gasteiger partial charge is 0.396 e. The van der Waals surface area contributed by atoms with Crippen LogP contribution in [-0.2, 0) is 4.79 Å². The van der Waals surface area contributed by atoms with Crippen molar-refractivity contribution in [1.82, 2.24) is 5.32 Å². The summed E-state index contributed by atoms with van der Waals surface area (Å²) in [7, 11) is 0. The molecule has 3 nitrogen and oxygen atoms in total. The predicted octanol–water partition coefficient (Wildman–Crippen LogP) is 0.675. The Kier molecular flexibility index (Phi) is 2.28. The normalized spacial score (nSPS) is 32.1. The van der Waals surface area contributed by atoms with Crippen molar-refractivity contribution in [2.24, 2.45) is 11.3 Å². The smallest absolute Gasteiger partial charge is 0.223 e. The van der Waals surface area contributed by atoms with Gasteiger partial charge in [-0.2, -0.15) is 0 Å². The zero-order chi connectivity index (χ0) is 9.31. The molecule has 1 atom stereocenters. The van der Waals surface area contributed by atoms with Crippen molar-refractivity contribution in [2.75, 3.05) is 13.2 Å². The molecule has 74 valence electrons. The molecule has 1 saturated carbocycles. The van der Waals surface area contributed by atoms with Gasteiger partial charge < -0.3 is 10.4 Å². The summed E-state index contributed by atoms with van der Waals surface area (Å²) in [6, 6.07) is 0. The lowest BCUT2D eigenvalue weighted by Gasteiger charge is -2.47. The summed E-state index contributed by atoms with van der Waals surface area (Å²) < 4.78 is 0. The first-order valence-corrected chi connectivity index (χ1v) is 5.17. The lowest BCUT2D eigenvalue weighted by molar-refractivity contribution is -0.137. The van der Waals surface area contributed by atoms with Crippen LogP contribution in [0.3, 0.4) is 0 Å². The van der Waals surface area contributed by atoms with Crippen LogP contribution in [0.4, 0.5) is 0 Å². The minimum Gasteiger partial charge on any atom is -0.396 e. The van der Waals surface area contributed by atoms with E-state index in [1.54, 1.807) is 0 Å².